The molecular weight excluding hydrogens is 134 g/mol. The molecule has 0 amide bonds. The molecule has 0 aromatic heterocycles. The van der Waals surface area contributed by atoms with Gasteiger partial charge < -0.3 is 0 Å². The summed E-state index contributed by atoms with van der Waals surface area (Å²) in [5.41, 5.74) is 1.94. The normalized spacial score (nSPS) is 22.5. The Morgan fingerprint density at radius 3 is 2.27 bits per heavy atom. The van der Waals surface area contributed by atoms with Crippen LogP contribution >= 0.6 is 0 Å². The van der Waals surface area contributed by atoms with E-state index in [-0.39, 0.29) is 0 Å². The highest BCUT2D eigenvalue weighted by molar-refractivity contribution is 5.92. The number of aliphatic imine (C=N–C) groups is 1. The molecule has 1 fully saturated rings. The van der Waals surface area contributed by atoms with Crippen LogP contribution in [0.2, 0.25) is 0 Å². The largest absolute Gasteiger partial charge is 0.291 e. The van der Waals surface area contributed by atoms with Crippen molar-refractivity contribution in [2.75, 3.05) is 0 Å². The summed E-state index contributed by atoms with van der Waals surface area (Å²) in [5, 5.41) is 0. The Morgan fingerprint density at radius 2 is 2.00 bits per heavy atom. The molecule has 0 aliphatic heterocycles. The average molecular weight is 153 g/mol. The van der Waals surface area contributed by atoms with Gasteiger partial charge in [-0.2, -0.15) is 0 Å². The summed E-state index contributed by atoms with van der Waals surface area (Å²) in [7, 11) is 0. The lowest BCUT2D eigenvalue weighted by Crippen LogP contribution is -2.13. The zero-order valence-electron chi connectivity index (χ0n) is 8.15. The Kier molecular flexibility index (Phi) is 2.36. The third-order valence-electron chi connectivity index (χ3n) is 2.45. The molecule has 1 aliphatic rings. The highest BCUT2D eigenvalue weighted by Crippen LogP contribution is 2.47. The molecule has 0 aromatic rings. The van der Waals surface area contributed by atoms with Crippen LogP contribution < -0.4 is 0 Å². The Bertz CT molecular complexity index is 164. The van der Waals surface area contributed by atoms with Crippen molar-refractivity contribution >= 4 is 5.71 Å². The van der Waals surface area contributed by atoms with E-state index in [1.54, 1.807) is 0 Å². The van der Waals surface area contributed by atoms with E-state index in [1.807, 2.05) is 0 Å². The minimum atomic E-state index is 0.474. The maximum atomic E-state index is 4.65. The fourth-order valence-corrected chi connectivity index (χ4v) is 1.46. The van der Waals surface area contributed by atoms with Crippen molar-refractivity contribution in [3.63, 3.8) is 0 Å². The van der Waals surface area contributed by atoms with Crippen LogP contribution in [0.15, 0.2) is 4.99 Å². The van der Waals surface area contributed by atoms with Crippen molar-refractivity contribution in [1.82, 2.24) is 0 Å². The van der Waals surface area contributed by atoms with E-state index in [0.29, 0.717) is 11.5 Å². The topological polar surface area (TPSA) is 12.4 Å². The average Bonchev–Trinajstić information content (AvgIpc) is 2.63. The van der Waals surface area contributed by atoms with Gasteiger partial charge in [0.05, 0.1) is 0 Å². The minimum absolute atomic E-state index is 0.474. The molecule has 0 saturated heterocycles. The molecule has 0 atom stereocenters. The van der Waals surface area contributed by atoms with Crippen LogP contribution in [-0.4, -0.2) is 11.8 Å². The molecule has 11 heavy (non-hydrogen) atoms. The van der Waals surface area contributed by atoms with Gasteiger partial charge in [-0.05, 0) is 33.1 Å². The first kappa shape index (κ1) is 8.76. The van der Waals surface area contributed by atoms with E-state index in [2.05, 4.69) is 32.7 Å². The SMILES string of the molecule is CCC(=NC(C)C)C1(C)CC1. The van der Waals surface area contributed by atoms with Gasteiger partial charge in [0, 0.05) is 17.2 Å². The van der Waals surface area contributed by atoms with E-state index >= 15 is 0 Å². The van der Waals surface area contributed by atoms with Crippen molar-refractivity contribution in [2.45, 2.75) is 53.0 Å². The van der Waals surface area contributed by atoms with Crippen molar-refractivity contribution in [2.24, 2.45) is 10.4 Å². The molecule has 0 unspecified atom stereocenters. The monoisotopic (exact) mass is 153 g/mol. The van der Waals surface area contributed by atoms with Gasteiger partial charge in [0.15, 0.2) is 0 Å². The predicted octanol–water partition coefficient (Wildman–Crippen LogP) is 3.05. The van der Waals surface area contributed by atoms with Gasteiger partial charge in [-0.3, -0.25) is 4.99 Å². The molecule has 0 spiro atoms. The highest BCUT2D eigenvalue weighted by Gasteiger charge is 2.41. The van der Waals surface area contributed by atoms with Crippen LogP contribution in [0.4, 0.5) is 0 Å². The Morgan fingerprint density at radius 1 is 1.45 bits per heavy atom. The number of hydrogen-bond acceptors (Lipinski definition) is 1. The molecule has 1 heteroatoms. The summed E-state index contributed by atoms with van der Waals surface area (Å²) in [6.07, 6.45) is 3.84. The standard InChI is InChI=1S/C10H19N/c1-5-9(11-8(2)3)10(4)6-7-10/h8H,5-7H2,1-4H3. The molecule has 1 rings (SSSR count). The summed E-state index contributed by atoms with van der Waals surface area (Å²) < 4.78 is 0. The minimum Gasteiger partial charge on any atom is -0.291 e. The molecule has 64 valence electrons. The Labute approximate surface area is 69.9 Å². The second-order valence-corrected chi connectivity index (χ2v) is 4.08. The lowest BCUT2D eigenvalue weighted by Gasteiger charge is -2.12. The van der Waals surface area contributed by atoms with Crippen molar-refractivity contribution in [1.29, 1.82) is 0 Å². The molecule has 1 aliphatic carbocycles. The van der Waals surface area contributed by atoms with Gasteiger partial charge in [0.2, 0.25) is 0 Å². The first-order valence-electron chi connectivity index (χ1n) is 4.65. The highest BCUT2D eigenvalue weighted by atomic mass is 14.8. The third-order valence-corrected chi connectivity index (χ3v) is 2.45. The van der Waals surface area contributed by atoms with Gasteiger partial charge >= 0.3 is 0 Å². The maximum absolute atomic E-state index is 4.65. The third kappa shape index (κ3) is 2.05. The first-order chi connectivity index (χ1) is 5.08. The van der Waals surface area contributed by atoms with Gasteiger partial charge in [-0.15, -0.1) is 0 Å². The van der Waals surface area contributed by atoms with Crippen molar-refractivity contribution in [3.8, 4) is 0 Å². The van der Waals surface area contributed by atoms with Crippen molar-refractivity contribution < 1.29 is 0 Å². The number of nitrogens with zero attached hydrogens (tertiary/aromatic N) is 1. The number of rotatable bonds is 3. The summed E-state index contributed by atoms with van der Waals surface area (Å²) >= 11 is 0. The summed E-state index contributed by atoms with van der Waals surface area (Å²) in [6.45, 7) is 8.85. The van der Waals surface area contributed by atoms with E-state index in [0.717, 1.165) is 6.42 Å². The predicted molar refractivity (Wildman–Crippen MR) is 50.2 cm³/mol. The summed E-state index contributed by atoms with van der Waals surface area (Å²) in [6, 6.07) is 0.474. The molecular formula is C10H19N. The van der Waals surface area contributed by atoms with Crippen molar-refractivity contribution in [3.05, 3.63) is 0 Å². The zero-order chi connectivity index (χ0) is 8.48. The van der Waals surface area contributed by atoms with Crippen LogP contribution in [0, 0.1) is 5.41 Å². The van der Waals surface area contributed by atoms with Crippen LogP contribution in [-0.2, 0) is 0 Å². The summed E-state index contributed by atoms with van der Waals surface area (Å²) in [4.78, 5) is 4.65. The van der Waals surface area contributed by atoms with E-state index in [4.69, 9.17) is 0 Å². The van der Waals surface area contributed by atoms with Gasteiger partial charge in [-0.1, -0.05) is 13.8 Å². The fraction of sp³-hybridized carbons (Fsp3) is 0.900. The molecule has 0 bridgehead atoms. The van der Waals surface area contributed by atoms with E-state index in [1.165, 1.54) is 18.6 Å². The summed E-state index contributed by atoms with van der Waals surface area (Å²) in [5.74, 6) is 0. The Balaban J connectivity index is 2.63. The molecule has 0 aromatic carbocycles. The molecule has 1 saturated carbocycles. The maximum Gasteiger partial charge on any atom is 0.0442 e. The molecule has 0 N–H and O–H groups in total. The van der Waals surface area contributed by atoms with Crippen LogP contribution in [0.3, 0.4) is 0 Å². The van der Waals surface area contributed by atoms with Crippen LogP contribution in [0.25, 0.3) is 0 Å². The second-order valence-electron chi connectivity index (χ2n) is 4.08. The Hall–Kier alpha value is -0.330. The van der Waals surface area contributed by atoms with Gasteiger partial charge in [0.1, 0.15) is 0 Å². The smallest absolute Gasteiger partial charge is 0.0442 e. The second kappa shape index (κ2) is 2.96. The van der Waals surface area contributed by atoms with Gasteiger partial charge in [0.25, 0.3) is 0 Å². The van der Waals surface area contributed by atoms with Gasteiger partial charge in [-0.25, -0.2) is 0 Å². The first-order valence-corrected chi connectivity index (χ1v) is 4.65. The van der Waals surface area contributed by atoms with E-state index in [9.17, 15) is 0 Å². The molecule has 0 heterocycles. The quantitative estimate of drug-likeness (QED) is 0.553. The lowest BCUT2D eigenvalue weighted by molar-refractivity contribution is 0.740. The zero-order valence-corrected chi connectivity index (χ0v) is 8.15. The lowest BCUT2D eigenvalue weighted by atomic mass is 10.0. The fourth-order valence-electron chi connectivity index (χ4n) is 1.46. The molecule has 1 nitrogen and oxygen atoms in total. The molecule has 0 radical (unpaired) electrons. The van der Waals surface area contributed by atoms with Crippen LogP contribution in [0.5, 0.6) is 0 Å². The van der Waals surface area contributed by atoms with E-state index < -0.39 is 0 Å². The number of hydrogen-bond donors (Lipinski definition) is 0. The van der Waals surface area contributed by atoms with Crippen LogP contribution in [0.1, 0.15) is 47.0 Å².